The van der Waals surface area contributed by atoms with Crippen LogP contribution in [-0.4, -0.2) is 29.9 Å². The largest absolute Gasteiger partial charge is 0.573 e. The van der Waals surface area contributed by atoms with Crippen molar-refractivity contribution in [1.82, 2.24) is 15.1 Å². The number of ether oxygens (including phenoxy) is 1. The number of anilines is 3. The van der Waals surface area contributed by atoms with Crippen LogP contribution in [0.5, 0.6) is 5.75 Å². The van der Waals surface area contributed by atoms with Crippen LogP contribution in [0.4, 0.5) is 30.6 Å². The van der Waals surface area contributed by atoms with Crippen LogP contribution in [0.2, 0.25) is 0 Å². The lowest BCUT2D eigenvalue weighted by atomic mass is 10.1. The Kier molecular flexibility index (Phi) is 6.35. The van der Waals surface area contributed by atoms with Gasteiger partial charge in [0.05, 0.1) is 16.3 Å². The topological polar surface area (TPSA) is 119 Å². The zero-order valence-electron chi connectivity index (χ0n) is 18.3. The second-order valence-corrected chi connectivity index (χ2v) is 8.99. The second kappa shape index (κ2) is 9.25. The van der Waals surface area contributed by atoms with E-state index in [2.05, 4.69) is 29.9 Å². The molecule has 0 saturated carbocycles. The highest BCUT2D eigenvalue weighted by Gasteiger charge is 2.32. The van der Waals surface area contributed by atoms with E-state index in [1.807, 2.05) is 0 Å². The van der Waals surface area contributed by atoms with Crippen LogP contribution in [0, 0.1) is 13.8 Å². The number of nitrogens with zero attached hydrogens (tertiary/aromatic N) is 3. The number of alkyl halides is 3. The predicted molar refractivity (Wildman–Crippen MR) is 121 cm³/mol. The van der Waals surface area contributed by atoms with Crippen molar-refractivity contribution in [1.29, 1.82) is 0 Å². The van der Waals surface area contributed by atoms with Gasteiger partial charge in [0, 0.05) is 22.9 Å². The number of para-hydroxylation sites is 1. The van der Waals surface area contributed by atoms with Crippen molar-refractivity contribution in [2.24, 2.45) is 0 Å². The Bertz CT molecular complexity index is 1450. The summed E-state index contributed by atoms with van der Waals surface area (Å²) in [5, 5.41) is 6.68. The molecule has 0 spiro atoms. The van der Waals surface area contributed by atoms with E-state index in [0.717, 1.165) is 0 Å². The Morgan fingerprint density at radius 3 is 2.37 bits per heavy atom. The molecule has 4 rings (SSSR count). The van der Waals surface area contributed by atoms with Crippen LogP contribution in [0.15, 0.2) is 70.3 Å². The summed E-state index contributed by atoms with van der Waals surface area (Å²) in [7, 11) is -3.92. The fraction of sp³-hybridized carbons (Fsp3) is 0.136. The molecule has 9 nitrogen and oxygen atoms in total. The normalized spacial score (nSPS) is 11.8. The van der Waals surface area contributed by atoms with Crippen LogP contribution >= 0.6 is 0 Å². The molecule has 0 aliphatic rings. The number of nitrogens with one attached hydrogen (secondary N) is 2. The fourth-order valence-electron chi connectivity index (χ4n) is 3.02. The van der Waals surface area contributed by atoms with Gasteiger partial charge in [0.25, 0.3) is 10.0 Å². The number of aromatic nitrogens is 3. The number of aryl methyl sites for hydroxylation is 1. The predicted octanol–water partition coefficient (Wildman–Crippen LogP) is 5.19. The highest BCUT2D eigenvalue weighted by atomic mass is 32.2. The average Bonchev–Trinajstić information content (AvgIpc) is 3.10. The van der Waals surface area contributed by atoms with Crippen molar-refractivity contribution in [2.45, 2.75) is 25.1 Å². The van der Waals surface area contributed by atoms with Gasteiger partial charge in [-0.3, -0.25) is 0 Å². The maximum Gasteiger partial charge on any atom is 0.573 e. The number of rotatable bonds is 7. The molecule has 0 aliphatic carbocycles. The number of hydrogen-bond donors (Lipinski definition) is 2. The quantitative estimate of drug-likeness (QED) is 0.352. The van der Waals surface area contributed by atoms with E-state index in [-0.39, 0.29) is 27.9 Å². The molecule has 2 heterocycles. The van der Waals surface area contributed by atoms with Crippen molar-refractivity contribution in [3.8, 4) is 17.0 Å². The summed E-state index contributed by atoms with van der Waals surface area (Å²) in [6, 6.07) is 12.8. The van der Waals surface area contributed by atoms with Gasteiger partial charge in [-0.15, -0.1) is 13.2 Å². The van der Waals surface area contributed by atoms with Crippen LogP contribution in [0.25, 0.3) is 11.3 Å². The molecule has 2 aromatic heterocycles. The highest BCUT2D eigenvalue weighted by molar-refractivity contribution is 7.92. The Morgan fingerprint density at radius 1 is 1.00 bits per heavy atom. The van der Waals surface area contributed by atoms with E-state index >= 15 is 0 Å². The monoisotopic (exact) mass is 505 g/mol. The van der Waals surface area contributed by atoms with Gasteiger partial charge in [-0.1, -0.05) is 17.3 Å². The maximum absolute atomic E-state index is 12.7. The molecule has 0 fully saturated rings. The summed E-state index contributed by atoms with van der Waals surface area (Å²) in [4.78, 5) is 8.09. The van der Waals surface area contributed by atoms with E-state index in [1.165, 1.54) is 54.9 Å². The van der Waals surface area contributed by atoms with Crippen LogP contribution in [0.1, 0.15) is 11.3 Å². The summed E-state index contributed by atoms with van der Waals surface area (Å²) in [5.41, 5.74) is 1.96. The lowest BCUT2D eigenvalue weighted by molar-refractivity contribution is -0.274. The van der Waals surface area contributed by atoms with E-state index in [4.69, 9.17) is 4.52 Å². The molecule has 35 heavy (non-hydrogen) atoms. The molecular formula is C22H18F3N5O4S. The first-order valence-electron chi connectivity index (χ1n) is 10.0. The van der Waals surface area contributed by atoms with Crippen molar-refractivity contribution < 1.29 is 30.8 Å². The molecule has 0 saturated heterocycles. The van der Waals surface area contributed by atoms with Gasteiger partial charge in [-0.25, -0.2) is 23.1 Å². The molecule has 0 unspecified atom stereocenters. The van der Waals surface area contributed by atoms with Crippen molar-refractivity contribution >= 4 is 27.4 Å². The minimum atomic E-state index is -4.86. The summed E-state index contributed by atoms with van der Waals surface area (Å²) < 4.78 is 74.9. The summed E-state index contributed by atoms with van der Waals surface area (Å²) in [6.07, 6.45) is -3.67. The molecule has 0 aliphatic heterocycles. The molecule has 0 radical (unpaired) electrons. The van der Waals surface area contributed by atoms with Gasteiger partial charge in [0.1, 0.15) is 17.9 Å². The second-order valence-electron chi connectivity index (χ2n) is 7.31. The minimum absolute atomic E-state index is 0.0156. The van der Waals surface area contributed by atoms with Gasteiger partial charge >= 0.3 is 6.36 Å². The number of sulfonamides is 1. The first kappa shape index (κ1) is 24.0. The van der Waals surface area contributed by atoms with Gasteiger partial charge in [-0.2, -0.15) is 0 Å². The number of benzene rings is 2. The third-order valence-corrected chi connectivity index (χ3v) is 6.22. The van der Waals surface area contributed by atoms with Crippen LogP contribution < -0.4 is 14.8 Å². The molecule has 0 amide bonds. The Hall–Kier alpha value is -4.13. The first-order chi connectivity index (χ1) is 16.5. The molecule has 0 bridgehead atoms. The first-order valence-corrected chi connectivity index (χ1v) is 11.5. The summed E-state index contributed by atoms with van der Waals surface area (Å²) >= 11 is 0. The third-order valence-electron chi connectivity index (χ3n) is 4.88. The molecule has 13 heteroatoms. The Labute approximate surface area is 198 Å². The number of hydrogen-bond acceptors (Lipinski definition) is 8. The van der Waals surface area contributed by atoms with Crippen molar-refractivity contribution in [3.63, 3.8) is 0 Å². The van der Waals surface area contributed by atoms with Gasteiger partial charge in [-0.05, 0) is 50.2 Å². The maximum atomic E-state index is 12.7. The highest BCUT2D eigenvalue weighted by Crippen LogP contribution is 2.33. The smallest absolute Gasteiger partial charge is 0.405 e. The third kappa shape index (κ3) is 5.69. The van der Waals surface area contributed by atoms with Crippen LogP contribution in [-0.2, 0) is 10.0 Å². The standard InChI is InChI=1S/C22H18F3N5O4S/c1-13-14(2)29-34-21(13)30-35(31,32)16-9-7-15(8-10-16)28-20-11-18(26-12-27-20)17-5-3-4-6-19(17)33-22(23,24)25/h3-12,30H,1-2H3,(H,26,27,28). The SMILES string of the molecule is Cc1noc(NS(=O)(=O)c2ccc(Nc3cc(-c4ccccc4OC(F)(F)F)ncn3)cc2)c1C. The van der Waals surface area contributed by atoms with E-state index < -0.39 is 22.1 Å². The Morgan fingerprint density at radius 2 is 1.71 bits per heavy atom. The average molecular weight is 505 g/mol. The summed E-state index contributed by atoms with van der Waals surface area (Å²) in [6.45, 7) is 3.37. The lowest BCUT2D eigenvalue weighted by Gasteiger charge is -2.13. The molecular weight excluding hydrogens is 487 g/mol. The minimum Gasteiger partial charge on any atom is -0.405 e. The Balaban J connectivity index is 1.53. The molecule has 0 atom stereocenters. The lowest BCUT2D eigenvalue weighted by Crippen LogP contribution is -2.17. The molecule has 2 N–H and O–H groups in total. The van der Waals surface area contributed by atoms with Gasteiger partial charge in [0.2, 0.25) is 5.88 Å². The molecule has 2 aromatic carbocycles. The van der Waals surface area contributed by atoms with Gasteiger partial charge < -0.3 is 14.6 Å². The zero-order valence-corrected chi connectivity index (χ0v) is 19.1. The van der Waals surface area contributed by atoms with Crippen molar-refractivity contribution in [2.75, 3.05) is 10.0 Å². The summed E-state index contributed by atoms with van der Waals surface area (Å²) in [5.74, 6) is -0.0878. The van der Waals surface area contributed by atoms with E-state index in [1.54, 1.807) is 19.9 Å². The zero-order chi connectivity index (χ0) is 25.2. The van der Waals surface area contributed by atoms with E-state index in [0.29, 0.717) is 16.9 Å². The molecule has 4 aromatic rings. The van der Waals surface area contributed by atoms with Crippen LogP contribution in [0.3, 0.4) is 0 Å². The van der Waals surface area contributed by atoms with E-state index in [9.17, 15) is 21.6 Å². The van der Waals surface area contributed by atoms with Crippen molar-refractivity contribution in [3.05, 3.63) is 72.2 Å². The number of halogens is 3. The fourth-order valence-corrected chi connectivity index (χ4v) is 4.07. The van der Waals surface area contributed by atoms with Gasteiger partial charge in [0.15, 0.2) is 0 Å². The molecule has 182 valence electrons.